The van der Waals surface area contributed by atoms with Crippen LogP contribution in [0.1, 0.15) is 17.2 Å². The first-order valence-corrected chi connectivity index (χ1v) is 10.8. The van der Waals surface area contributed by atoms with E-state index in [1.807, 2.05) is 0 Å². The van der Waals surface area contributed by atoms with E-state index in [0.29, 0.717) is 28.5 Å². The molecule has 1 amide bonds. The van der Waals surface area contributed by atoms with Gasteiger partial charge in [0.05, 0.1) is 36.4 Å². The zero-order chi connectivity index (χ0) is 24.7. The lowest BCUT2D eigenvalue weighted by atomic mass is 9.95. The number of anilines is 1. The van der Waals surface area contributed by atoms with Gasteiger partial charge in [-0.3, -0.25) is 19.5 Å². The number of rotatable bonds is 5. The molecule has 0 spiro atoms. The van der Waals surface area contributed by atoms with Gasteiger partial charge in [0.15, 0.2) is 11.5 Å². The van der Waals surface area contributed by atoms with E-state index in [-0.39, 0.29) is 28.7 Å². The first-order chi connectivity index (χ1) is 16.9. The zero-order valence-corrected chi connectivity index (χ0v) is 19.4. The van der Waals surface area contributed by atoms with Crippen LogP contribution in [0.4, 0.5) is 5.69 Å². The number of amides is 1. The van der Waals surface area contributed by atoms with Crippen LogP contribution < -0.4 is 23.8 Å². The summed E-state index contributed by atoms with van der Waals surface area (Å²) in [5.41, 5.74) is 0.907. The largest absolute Gasteiger partial charge is 0.507 e. The predicted octanol–water partition coefficient (Wildman–Crippen LogP) is 4.11. The molecule has 9 nitrogen and oxygen atoms in total. The number of methoxy groups -OCH3 is 2. The number of benzene rings is 2. The Hall–Kier alpha value is -4.24. The van der Waals surface area contributed by atoms with E-state index in [1.54, 1.807) is 36.5 Å². The summed E-state index contributed by atoms with van der Waals surface area (Å²) >= 11 is 6.29. The number of aliphatic hydroxyl groups excluding tert-OH is 1. The third-order valence-electron chi connectivity index (χ3n) is 5.81. The number of hydrogen-bond acceptors (Lipinski definition) is 8. The van der Waals surface area contributed by atoms with Crippen LogP contribution in [0.3, 0.4) is 0 Å². The molecule has 2 aliphatic heterocycles. The number of aromatic nitrogens is 1. The molecular weight excluding hydrogens is 476 g/mol. The molecule has 3 aromatic rings. The Bertz CT molecular complexity index is 1370. The number of aliphatic hydroxyl groups is 1. The highest BCUT2D eigenvalue weighted by molar-refractivity contribution is 6.51. The molecule has 1 aromatic heterocycles. The Kier molecular flexibility index (Phi) is 5.70. The third-order valence-corrected chi connectivity index (χ3v) is 6.10. The van der Waals surface area contributed by atoms with Gasteiger partial charge in [-0.1, -0.05) is 17.7 Å². The lowest BCUT2D eigenvalue weighted by molar-refractivity contribution is -0.132. The van der Waals surface area contributed by atoms with Crippen molar-refractivity contribution in [2.24, 2.45) is 0 Å². The van der Waals surface area contributed by atoms with E-state index >= 15 is 0 Å². The summed E-state index contributed by atoms with van der Waals surface area (Å²) in [6.45, 7) is 0.0572. The summed E-state index contributed by atoms with van der Waals surface area (Å²) in [5, 5.41) is 11.6. The highest BCUT2D eigenvalue weighted by Gasteiger charge is 2.47. The van der Waals surface area contributed by atoms with Gasteiger partial charge in [-0.25, -0.2) is 0 Å². The van der Waals surface area contributed by atoms with Gasteiger partial charge in [-0.2, -0.15) is 0 Å². The smallest absolute Gasteiger partial charge is 0.300 e. The molecular formula is C25H19ClN2O7. The lowest BCUT2D eigenvalue weighted by Crippen LogP contribution is -2.29. The fraction of sp³-hybridized carbons (Fsp3) is 0.160. The number of hydrogen-bond donors (Lipinski definition) is 1. The molecule has 1 atom stereocenters. The number of carbonyl (C=O) groups excluding carboxylic acids is 2. The number of ether oxygens (including phenoxy) is 4. The van der Waals surface area contributed by atoms with Crippen molar-refractivity contribution in [2.75, 3.05) is 25.9 Å². The minimum Gasteiger partial charge on any atom is -0.507 e. The third kappa shape index (κ3) is 3.70. The maximum Gasteiger partial charge on any atom is 0.300 e. The number of ketones is 1. The number of halogens is 1. The Morgan fingerprint density at radius 1 is 1.09 bits per heavy atom. The minimum absolute atomic E-state index is 0.0572. The molecule has 0 radical (unpaired) electrons. The van der Waals surface area contributed by atoms with E-state index in [1.165, 1.54) is 37.4 Å². The quantitative estimate of drug-likeness (QED) is 0.321. The number of nitrogens with zero attached hydrogens (tertiary/aromatic N) is 2. The van der Waals surface area contributed by atoms with Crippen molar-refractivity contribution in [3.63, 3.8) is 0 Å². The highest BCUT2D eigenvalue weighted by atomic mass is 35.5. The molecule has 5 rings (SSSR count). The van der Waals surface area contributed by atoms with Crippen LogP contribution in [0.5, 0.6) is 23.0 Å². The van der Waals surface area contributed by atoms with Crippen molar-refractivity contribution in [2.45, 2.75) is 6.04 Å². The lowest BCUT2D eigenvalue weighted by Gasteiger charge is -2.25. The Morgan fingerprint density at radius 2 is 1.86 bits per heavy atom. The summed E-state index contributed by atoms with van der Waals surface area (Å²) in [7, 11) is 2.85. The molecule has 0 saturated carbocycles. The first-order valence-electron chi connectivity index (χ1n) is 10.5. The van der Waals surface area contributed by atoms with Gasteiger partial charge < -0.3 is 24.1 Å². The highest BCUT2D eigenvalue weighted by Crippen LogP contribution is 2.46. The van der Waals surface area contributed by atoms with Crippen molar-refractivity contribution in [1.82, 2.24) is 4.98 Å². The van der Waals surface area contributed by atoms with Crippen LogP contribution in [0.2, 0.25) is 5.02 Å². The molecule has 35 heavy (non-hydrogen) atoms. The van der Waals surface area contributed by atoms with Gasteiger partial charge in [-0.05, 0) is 29.8 Å². The molecule has 1 saturated heterocycles. The molecule has 1 N–H and O–H groups in total. The molecule has 2 aromatic carbocycles. The predicted molar refractivity (Wildman–Crippen MR) is 126 cm³/mol. The zero-order valence-electron chi connectivity index (χ0n) is 18.6. The second-order valence-electron chi connectivity index (χ2n) is 7.68. The Labute approximate surface area is 205 Å². The number of pyridine rings is 1. The average molecular weight is 495 g/mol. The Morgan fingerprint density at radius 3 is 2.57 bits per heavy atom. The van der Waals surface area contributed by atoms with Crippen LogP contribution in [0.15, 0.2) is 60.4 Å². The molecule has 0 bridgehead atoms. The van der Waals surface area contributed by atoms with Gasteiger partial charge in [0.25, 0.3) is 11.7 Å². The summed E-state index contributed by atoms with van der Waals surface area (Å²) in [4.78, 5) is 32.1. The fourth-order valence-electron chi connectivity index (χ4n) is 4.18. The second-order valence-corrected chi connectivity index (χ2v) is 8.09. The second kappa shape index (κ2) is 8.84. The monoisotopic (exact) mass is 494 g/mol. The molecule has 178 valence electrons. The standard InChI is InChI=1S/C25H19ClN2O7/c1-32-18-10-19(33-2)16(26)9-15(18)23(29)21-22(13-4-3-7-27-11-13)28(25(31)24(21)30)14-5-6-17-20(8-14)35-12-34-17/h3-11,22,29H,12H2,1-2H3/b23-21+. The van der Waals surface area contributed by atoms with E-state index in [9.17, 15) is 14.7 Å². The topological polar surface area (TPSA) is 107 Å². The van der Waals surface area contributed by atoms with Crippen molar-refractivity contribution < 1.29 is 33.6 Å². The van der Waals surface area contributed by atoms with Crippen molar-refractivity contribution in [3.05, 3.63) is 76.6 Å². The summed E-state index contributed by atoms with van der Waals surface area (Å²) < 4.78 is 21.4. The summed E-state index contributed by atoms with van der Waals surface area (Å²) in [6.07, 6.45) is 3.10. The van der Waals surface area contributed by atoms with E-state index in [0.717, 1.165) is 0 Å². The molecule has 0 aliphatic carbocycles. The van der Waals surface area contributed by atoms with E-state index in [4.69, 9.17) is 30.5 Å². The van der Waals surface area contributed by atoms with Gasteiger partial charge in [0, 0.05) is 30.2 Å². The maximum atomic E-state index is 13.3. The van der Waals surface area contributed by atoms with Crippen LogP contribution >= 0.6 is 11.6 Å². The SMILES string of the molecule is COc1cc(OC)c(/C(O)=C2\C(=O)C(=O)N(c3ccc4c(c3)OCO4)C2c2cccnc2)cc1Cl. The Balaban J connectivity index is 1.72. The maximum absolute atomic E-state index is 13.3. The number of Topliss-reactive ketones (excluding diaryl/α,β-unsaturated/α-hetero) is 1. The minimum atomic E-state index is -0.977. The number of fused-ring (bicyclic) bond motifs is 1. The van der Waals surface area contributed by atoms with Crippen molar-refractivity contribution in [1.29, 1.82) is 0 Å². The van der Waals surface area contributed by atoms with Crippen LogP contribution in [-0.2, 0) is 9.59 Å². The van der Waals surface area contributed by atoms with Crippen LogP contribution in [0, 0.1) is 0 Å². The van der Waals surface area contributed by atoms with Gasteiger partial charge in [-0.15, -0.1) is 0 Å². The number of carbonyl (C=O) groups is 2. The first kappa shape index (κ1) is 22.5. The summed E-state index contributed by atoms with van der Waals surface area (Å²) in [6, 6.07) is 10.2. The molecule has 1 fully saturated rings. The van der Waals surface area contributed by atoms with E-state index < -0.39 is 23.5 Å². The molecule has 2 aliphatic rings. The van der Waals surface area contributed by atoms with Crippen molar-refractivity contribution in [3.8, 4) is 23.0 Å². The molecule has 3 heterocycles. The normalized spacial score (nSPS) is 18.1. The molecule has 10 heteroatoms. The molecule has 1 unspecified atom stereocenters. The summed E-state index contributed by atoms with van der Waals surface area (Å²) in [5.74, 6) is -0.630. The van der Waals surface area contributed by atoms with Gasteiger partial charge in [0.1, 0.15) is 17.3 Å². The van der Waals surface area contributed by atoms with Crippen LogP contribution in [-0.4, -0.2) is 42.8 Å². The van der Waals surface area contributed by atoms with Crippen LogP contribution in [0.25, 0.3) is 5.76 Å². The van der Waals surface area contributed by atoms with Gasteiger partial charge in [0.2, 0.25) is 6.79 Å². The fourth-order valence-corrected chi connectivity index (χ4v) is 4.42. The van der Waals surface area contributed by atoms with E-state index in [2.05, 4.69) is 4.98 Å². The van der Waals surface area contributed by atoms with Crippen molar-refractivity contribution >= 4 is 34.7 Å². The average Bonchev–Trinajstić information content (AvgIpc) is 3.45. The van der Waals surface area contributed by atoms with Gasteiger partial charge >= 0.3 is 0 Å².